The molecule has 0 radical (unpaired) electrons. The molecule has 0 saturated heterocycles. The smallest absolute Gasteiger partial charge is 0.304 e. The number of aliphatic carboxylic acids is 1. The maximum atomic E-state index is 10.8. The Labute approximate surface area is 115 Å². The molecule has 1 N–H and O–H groups in total. The first-order valence-electron chi connectivity index (χ1n) is 7.25. The molecule has 19 heavy (non-hydrogen) atoms. The first kappa shape index (κ1) is 14.1. The zero-order valence-electron chi connectivity index (χ0n) is 11.4. The van der Waals surface area contributed by atoms with E-state index in [1.165, 1.54) is 31.2 Å². The van der Waals surface area contributed by atoms with Gasteiger partial charge in [0.15, 0.2) is 0 Å². The molecule has 0 spiro atoms. The zero-order chi connectivity index (χ0) is 13.5. The molecule has 3 nitrogen and oxygen atoms in total. The molecule has 0 aliphatic heterocycles. The standard InChI is InChI=1S/C16H23NO2/c18-16(19)11-13-17(15-8-4-5-9-15)12-10-14-6-2-1-3-7-14/h1-3,6-7,15H,4-5,8-13H2,(H,18,19). The van der Waals surface area contributed by atoms with Crippen LogP contribution in [0.15, 0.2) is 30.3 Å². The summed E-state index contributed by atoms with van der Waals surface area (Å²) in [4.78, 5) is 13.1. The molecule has 1 aromatic rings. The van der Waals surface area contributed by atoms with Crippen molar-refractivity contribution >= 4 is 5.97 Å². The summed E-state index contributed by atoms with van der Waals surface area (Å²) in [7, 11) is 0. The van der Waals surface area contributed by atoms with Gasteiger partial charge in [0.2, 0.25) is 0 Å². The molecule has 0 bridgehead atoms. The lowest BCUT2D eigenvalue weighted by atomic mass is 10.1. The second-order valence-corrected chi connectivity index (χ2v) is 5.35. The fourth-order valence-electron chi connectivity index (χ4n) is 2.90. The molecule has 1 aromatic carbocycles. The molecule has 3 heteroatoms. The molecule has 1 saturated carbocycles. The Balaban J connectivity index is 1.87. The van der Waals surface area contributed by atoms with E-state index in [1.54, 1.807) is 0 Å². The van der Waals surface area contributed by atoms with Gasteiger partial charge in [-0.15, -0.1) is 0 Å². The predicted molar refractivity (Wildman–Crippen MR) is 76.2 cm³/mol. The number of benzene rings is 1. The van der Waals surface area contributed by atoms with Crippen molar-refractivity contribution in [3.63, 3.8) is 0 Å². The van der Waals surface area contributed by atoms with Gasteiger partial charge in [0.1, 0.15) is 0 Å². The quantitative estimate of drug-likeness (QED) is 0.820. The number of carbonyl (C=O) groups is 1. The van der Waals surface area contributed by atoms with Crippen molar-refractivity contribution in [2.45, 2.75) is 44.6 Å². The summed E-state index contributed by atoms with van der Waals surface area (Å²) in [6.07, 6.45) is 6.31. The van der Waals surface area contributed by atoms with Crippen LogP contribution in [0, 0.1) is 0 Å². The van der Waals surface area contributed by atoms with Crippen LogP contribution in [0.4, 0.5) is 0 Å². The number of nitrogens with zero attached hydrogens (tertiary/aromatic N) is 1. The van der Waals surface area contributed by atoms with E-state index < -0.39 is 5.97 Å². The minimum Gasteiger partial charge on any atom is -0.481 e. The Bertz CT molecular complexity index is 385. The van der Waals surface area contributed by atoms with E-state index >= 15 is 0 Å². The lowest BCUT2D eigenvalue weighted by Crippen LogP contribution is -2.36. The summed E-state index contributed by atoms with van der Waals surface area (Å²) in [6.45, 7) is 1.66. The fourth-order valence-corrected chi connectivity index (χ4v) is 2.90. The van der Waals surface area contributed by atoms with Crippen molar-refractivity contribution < 1.29 is 9.90 Å². The summed E-state index contributed by atoms with van der Waals surface area (Å²) in [5, 5.41) is 8.86. The molecule has 0 amide bonds. The minimum absolute atomic E-state index is 0.255. The normalized spacial score (nSPS) is 16.1. The zero-order valence-corrected chi connectivity index (χ0v) is 11.4. The number of rotatable bonds is 7. The summed E-state index contributed by atoms with van der Waals surface area (Å²) < 4.78 is 0. The molecule has 0 aromatic heterocycles. The number of hydrogen-bond donors (Lipinski definition) is 1. The van der Waals surface area contributed by atoms with Crippen LogP contribution >= 0.6 is 0 Å². The van der Waals surface area contributed by atoms with Gasteiger partial charge in [0, 0.05) is 19.1 Å². The lowest BCUT2D eigenvalue weighted by Gasteiger charge is -2.28. The van der Waals surface area contributed by atoms with Gasteiger partial charge in [-0.25, -0.2) is 0 Å². The molecule has 104 valence electrons. The Hall–Kier alpha value is -1.35. The predicted octanol–water partition coefficient (Wildman–Crippen LogP) is 2.95. The Morgan fingerprint density at radius 2 is 1.84 bits per heavy atom. The van der Waals surface area contributed by atoms with Gasteiger partial charge in [-0.05, 0) is 24.8 Å². The highest BCUT2D eigenvalue weighted by molar-refractivity contribution is 5.66. The molecular formula is C16H23NO2. The first-order valence-corrected chi connectivity index (χ1v) is 7.25. The summed E-state index contributed by atoms with van der Waals surface area (Å²) in [6, 6.07) is 11.0. The van der Waals surface area contributed by atoms with Gasteiger partial charge in [-0.2, -0.15) is 0 Å². The van der Waals surface area contributed by atoms with Crippen LogP contribution in [-0.2, 0) is 11.2 Å². The van der Waals surface area contributed by atoms with Gasteiger partial charge in [-0.3, -0.25) is 9.69 Å². The van der Waals surface area contributed by atoms with E-state index in [9.17, 15) is 4.79 Å². The highest BCUT2D eigenvalue weighted by atomic mass is 16.4. The van der Waals surface area contributed by atoms with E-state index in [2.05, 4.69) is 29.2 Å². The molecule has 2 rings (SSSR count). The Kier molecular flexibility index (Phi) is 5.40. The third-order valence-electron chi connectivity index (χ3n) is 3.98. The molecule has 0 unspecified atom stereocenters. The van der Waals surface area contributed by atoms with Crippen molar-refractivity contribution in [3.05, 3.63) is 35.9 Å². The molecular weight excluding hydrogens is 238 g/mol. The summed E-state index contributed by atoms with van der Waals surface area (Å²) >= 11 is 0. The molecule has 1 fully saturated rings. The second kappa shape index (κ2) is 7.29. The maximum Gasteiger partial charge on any atom is 0.304 e. The fraction of sp³-hybridized carbons (Fsp3) is 0.562. The van der Waals surface area contributed by atoms with Crippen molar-refractivity contribution in [3.8, 4) is 0 Å². The van der Waals surface area contributed by atoms with Gasteiger partial charge in [0.25, 0.3) is 0 Å². The maximum absolute atomic E-state index is 10.8. The van der Waals surface area contributed by atoms with Gasteiger partial charge >= 0.3 is 5.97 Å². The number of carboxylic acids is 1. The highest BCUT2D eigenvalue weighted by Gasteiger charge is 2.22. The monoisotopic (exact) mass is 261 g/mol. The van der Waals surface area contributed by atoms with Crippen LogP contribution < -0.4 is 0 Å². The first-order chi connectivity index (χ1) is 9.25. The third kappa shape index (κ3) is 4.67. The van der Waals surface area contributed by atoms with Crippen molar-refractivity contribution in [2.24, 2.45) is 0 Å². The second-order valence-electron chi connectivity index (χ2n) is 5.35. The van der Waals surface area contributed by atoms with Crippen LogP contribution in [0.2, 0.25) is 0 Å². The van der Waals surface area contributed by atoms with Crippen molar-refractivity contribution in [1.29, 1.82) is 0 Å². The van der Waals surface area contributed by atoms with E-state index in [4.69, 9.17) is 5.11 Å². The van der Waals surface area contributed by atoms with Crippen LogP contribution in [-0.4, -0.2) is 35.1 Å². The summed E-state index contributed by atoms with van der Waals surface area (Å²) in [5.74, 6) is -0.692. The molecule has 0 atom stereocenters. The molecule has 1 aliphatic carbocycles. The Morgan fingerprint density at radius 3 is 2.47 bits per heavy atom. The third-order valence-corrected chi connectivity index (χ3v) is 3.98. The van der Waals surface area contributed by atoms with Crippen molar-refractivity contribution in [2.75, 3.05) is 13.1 Å². The van der Waals surface area contributed by atoms with E-state index in [-0.39, 0.29) is 6.42 Å². The largest absolute Gasteiger partial charge is 0.481 e. The lowest BCUT2D eigenvalue weighted by molar-refractivity contribution is -0.137. The van der Waals surface area contributed by atoms with Gasteiger partial charge < -0.3 is 5.11 Å². The van der Waals surface area contributed by atoms with Crippen LogP contribution in [0.3, 0.4) is 0 Å². The van der Waals surface area contributed by atoms with Gasteiger partial charge in [-0.1, -0.05) is 43.2 Å². The number of hydrogen-bond acceptors (Lipinski definition) is 2. The van der Waals surface area contributed by atoms with E-state index in [0.717, 1.165) is 13.0 Å². The minimum atomic E-state index is -0.692. The summed E-state index contributed by atoms with van der Waals surface area (Å²) in [5.41, 5.74) is 1.33. The highest BCUT2D eigenvalue weighted by Crippen LogP contribution is 2.23. The number of carboxylic acid groups (broad SMARTS) is 1. The average molecular weight is 261 g/mol. The molecule has 0 heterocycles. The van der Waals surface area contributed by atoms with Crippen LogP contribution in [0.1, 0.15) is 37.7 Å². The van der Waals surface area contributed by atoms with Crippen LogP contribution in [0.25, 0.3) is 0 Å². The van der Waals surface area contributed by atoms with E-state index in [1.807, 2.05) is 6.07 Å². The van der Waals surface area contributed by atoms with E-state index in [0.29, 0.717) is 12.6 Å². The van der Waals surface area contributed by atoms with Crippen LogP contribution in [0.5, 0.6) is 0 Å². The van der Waals surface area contributed by atoms with Gasteiger partial charge in [0.05, 0.1) is 6.42 Å². The topological polar surface area (TPSA) is 40.5 Å². The SMILES string of the molecule is O=C(O)CCN(CCc1ccccc1)C1CCCC1. The van der Waals surface area contributed by atoms with Crippen molar-refractivity contribution in [1.82, 2.24) is 4.90 Å². The average Bonchev–Trinajstić information content (AvgIpc) is 2.93. The molecule has 1 aliphatic rings. The Morgan fingerprint density at radius 1 is 1.16 bits per heavy atom.